The zero-order chi connectivity index (χ0) is 13.1. The maximum atomic E-state index is 13.8. The van der Waals surface area contributed by atoms with E-state index in [9.17, 15) is 13.6 Å². The molecule has 2 rings (SSSR count). The number of benzene rings is 1. The van der Waals surface area contributed by atoms with E-state index in [-0.39, 0.29) is 11.3 Å². The van der Waals surface area contributed by atoms with Gasteiger partial charge in [-0.1, -0.05) is 0 Å². The Morgan fingerprint density at radius 2 is 1.78 bits per heavy atom. The van der Waals surface area contributed by atoms with Crippen LogP contribution in [0.4, 0.5) is 14.5 Å². The second-order valence-electron chi connectivity index (χ2n) is 4.20. The molecule has 0 aromatic heterocycles. The lowest BCUT2D eigenvalue weighted by atomic mass is 10.1. The van der Waals surface area contributed by atoms with Crippen molar-refractivity contribution >= 4 is 17.7 Å². The topological polar surface area (TPSA) is 40.5 Å². The quantitative estimate of drug-likeness (QED) is 0.842. The number of nitrogens with zero attached hydrogens (tertiary/aromatic N) is 1. The minimum absolute atomic E-state index is 0.0139. The Kier molecular flexibility index (Phi) is 3.60. The van der Waals surface area contributed by atoms with E-state index in [1.807, 2.05) is 0 Å². The molecule has 1 aromatic carbocycles. The fourth-order valence-corrected chi connectivity index (χ4v) is 2.09. The van der Waals surface area contributed by atoms with Crippen LogP contribution in [-0.4, -0.2) is 24.2 Å². The fraction of sp³-hybridized carbons (Fsp3) is 0.308. The molecule has 0 saturated carbocycles. The largest absolute Gasteiger partial charge is 0.478 e. The molecule has 0 spiro atoms. The van der Waals surface area contributed by atoms with Gasteiger partial charge in [0.1, 0.15) is 17.3 Å². The summed E-state index contributed by atoms with van der Waals surface area (Å²) in [5, 5.41) is 8.46. The van der Waals surface area contributed by atoms with Crippen LogP contribution in [0.25, 0.3) is 6.08 Å². The number of anilines is 1. The molecule has 1 aromatic rings. The van der Waals surface area contributed by atoms with E-state index in [1.165, 1.54) is 6.08 Å². The summed E-state index contributed by atoms with van der Waals surface area (Å²) < 4.78 is 27.6. The second kappa shape index (κ2) is 5.16. The van der Waals surface area contributed by atoms with Gasteiger partial charge in [-0.05, 0) is 36.6 Å². The molecule has 0 unspecified atom stereocenters. The van der Waals surface area contributed by atoms with Crippen molar-refractivity contribution in [1.82, 2.24) is 0 Å². The number of hydrogen-bond donors (Lipinski definition) is 1. The summed E-state index contributed by atoms with van der Waals surface area (Å²) in [5.74, 6) is -2.46. The Hall–Kier alpha value is -1.91. The van der Waals surface area contributed by atoms with Crippen LogP contribution >= 0.6 is 0 Å². The summed E-state index contributed by atoms with van der Waals surface area (Å²) in [6, 6.07) is 2.30. The molecular weight excluding hydrogens is 240 g/mol. The third kappa shape index (κ3) is 2.67. The van der Waals surface area contributed by atoms with Gasteiger partial charge in [0.15, 0.2) is 0 Å². The van der Waals surface area contributed by atoms with Crippen LogP contribution in [0.2, 0.25) is 0 Å². The van der Waals surface area contributed by atoms with Crippen LogP contribution < -0.4 is 4.90 Å². The Bertz CT molecular complexity index is 471. The van der Waals surface area contributed by atoms with E-state index >= 15 is 0 Å². The van der Waals surface area contributed by atoms with Gasteiger partial charge >= 0.3 is 5.97 Å². The summed E-state index contributed by atoms with van der Waals surface area (Å²) in [7, 11) is 0. The highest BCUT2D eigenvalue weighted by molar-refractivity contribution is 5.85. The molecule has 1 aliphatic rings. The normalized spacial score (nSPS) is 15.6. The predicted octanol–water partition coefficient (Wildman–Crippen LogP) is 2.66. The Labute approximate surface area is 103 Å². The number of aliphatic carboxylic acids is 1. The van der Waals surface area contributed by atoms with Crippen molar-refractivity contribution < 1.29 is 18.7 Å². The summed E-state index contributed by atoms with van der Waals surface area (Å²) >= 11 is 0. The standard InChI is InChI=1S/C13H13F2NO2/c14-10-7-9(3-4-12(17)18)8-11(15)13(10)16-5-1-2-6-16/h3-4,7-8H,1-2,5-6H2,(H,17,18). The maximum Gasteiger partial charge on any atom is 0.328 e. The Morgan fingerprint density at radius 3 is 2.28 bits per heavy atom. The summed E-state index contributed by atoms with van der Waals surface area (Å²) in [5.41, 5.74) is 0.190. The molecule has 18 heavy (non-hydrogen) atoms. The molecule has 0 aliphatic carbocycles. The highest BCUT2D eigenvalue weighted by Crippen LogP contribution is 2.28. The minimum atomic E-state index is -1.15. The third-order valence-corrected chi connectivity index (χ3v) is 2.88. The lowest BCUT2D eigenvalue weighted by Gasteiger charge is -2.19. The van der Waals surface area contributed by atoms with Gasteiger partial charge in [-0.15, -0.1) is 0 Å². The number of carbonyl (C=O) groups is 1. The van der Waals surface area contributed by atoms with E-state index in [1.54, 1.807) is 4.90 Å². The van der Waals surface area contributed by atoms with Gasteiger partial charge in [-0.2, -0.15) is 0 Å². The molecule has 0 bridgehead atoms. The fourth-order valence-electron chi connectivity index (χ4n) is 2.09. The smallest absolute Gasteiger partial charge is 0.328 e. The van der Waals surface area contributed by atoms with Gasteiger partial charge in [0.25, 0.3) is 0 Å². The molecule has 1 fully saturated rings. The van der Waals surface area contributed by atoms with E-state index in [0.717, 1.165) is 31.1 Å². The first-order valence-corrected chi connectivity index (χ1v) is 5.73. The van der Waals surface area contributed by atoms with Crippen molar-refractivity contribution in [3.63, 3.8) is 0 Å². The van der Waals surface area contributed by atoms with E-state index in [0.29, 0.717) is 13.1 Å². The first kappa shape index (κ1) is 12.5. The van der Waals surface area contributed by atoms with Gasteiger partial charge in [0.05, 0.1) is 0 Å². The zero-order valence-electron chi connectivity index (χ0n) is 9.70. The number of rotatable bonds is 3. The lowest BCUT2D eigenvalue weighted by molar-refractivity contribution is -0.131. The second-order valence-corrected chi connectivity index (χ2v) is 4.20. The van der Waals surface area contributed by atoms with Gasteiger partial charge in [0.2, 0.25) is 0 Å². The minimum Gasteiger partial charge on any atom is -0.478 e. The first-order chi connectivity index (χ1) is 8.58. The molecule has 0 radical (unpaired) electrons. The molecule has 1 heterocycles. The lowest BCUT2D eigenvalue weighted by Crippen LogP contribution is -2.20. The molecule has 5 heteroatoms. The number of carboxylic acid groups (broad SMARTS) is 1. The molecule has 96 valence electrons. The van der Waals surface area contributed by atoms with Crippen LogP contribution in [0.1, 0.15) is 18.4 Å². The molecule has 1 aliphatic heterocycles. The predicted molar refractivity (Wildman–Crippen MR) is 64.5 cm³/mol. The molecular formula is C13H13F2NO2. The van der Waals surface area contributed by atoms with Crippen LogP contribution in [0.15, 0.2) is 18.2 Å². The molecule has 0 amide bonds. The van der Waals surface area contributed by atoms with Crippen molar-refractivity contribution in [2.45, 2.75) is 12.8 Å². The monoisotopic (exact) mass is 253 g/mol. The number of carboxylic acids is 1. The van der Waals surface area contributed by atoms with Gasteiger partial charge in [0, 0.05) is 19.2 Å². The van der Waals surface area contributed by atoms with Crippen molar-refractivity contribution in [1.29, 1.82) is 0 Å². The molecule has 3 nitrogen and oxygen atoms in total. The van der Waals surface area contributed by atoms with Crippen LogP contribution in [0, 0.1) is 11.6 Å². The van der Waals surface area contributed by atoms with Crippen LogP contribution in [0.5, 0.6) is 0 Å². The molecule has 1 N–H and O–H groups in total. The summed E-state index contributed by atoms with van der Waals surface area (Å²) in [4.78, 5) is 12.0. The summed E-state index contributed by atoms with van der Waals surface area (Å²) in [6.07, 6.45) is 3.88. The Morgan fingerprint density at radius 1 is 1.22 bits per heavy atom. The molecule has 0 atom stereocenters. The number of halogens is 2. The SMILES string of the molecule is O=C(O)C=Cc1cc(F)c(N2CCCC2)c(F)c1. The van der Waals surface area contributed by atoms with Gasteiger partial charge in [-0.3, -0.25) is 0 Å². The number of hydrogen-bond acceptors (Lipinski definition) is 2. The van der Waals surface area contributed by atoms with E-state index < -0.39 is 17.6 Å². The average molecular weight is 253 g/mol. The van der Waals surface area contributed by atoms with E-state index in [2.05, 4.69) is 0 Å². The maximum absolute atomic E-state index is 13.8. The van der Waals surface area contributed by atoms with E-state index in [4.69, 9.17) is 5.11 Å². The van der Waals surface area contributed by atoms with Crippen LogP contribution in [0.3, 0.4) is 0 Å². The van der Waals surface area contributed by atoms with Gasteiger partial charge < -0.3 is 10.0 Å². The van der Waals surface area contributed by atoms with Crippen LogP contribution in [-0.2, 0) is 4.79 Å². The van der Waals surface area contributed by atoms with Crippen molar-refractivity contribution in [2.75, 3.05) is 18.0 Å². The van der Waals surface area contributed by atoms with Gasteiger partial charge in [-0.25, -0.2) is 13.6 Å². The molecule has 1 saturated heterocycles. The zero-order valence-corrected chi connectivity index (χ0v) is 9.70. The summed E-state index contributed by atoms with van der Waals surface area (Å²) in [6.45, 7) is 1.30. The first-order valence-electron chi connectivity index (χ1n) is 5.73. The highest BCUT2D eigenvalue weighted by Gasteiger charge is 2.20. The average Bonchev–Trinajstić information content (AvgIpc) is 2.79. The highest BCUT2D eigenvalue weighted by atomic mass is 19.1. The van der Waals surface area contributed by atoms with Crippen molar-refractivity contribution in [3.05, 3.63) is 35.4 Å². The van der Waals surface area contributed by atoms with Crippen molar-refractivity contribution in [3.8, 4) is 0 Å². The third-order valence-electron chi connectivity index (χ3n) is 2.88. The Balaban J connectivity index is 2.31. The van der Waals surface area contributed by atoms with Crippen molar-refractivity contribution in [2.24, 2.45) is 0 Å².